The van der Waals surface area contributed by atoms with Crippen molar-refractivity contribution in [3.8, 4) is 27.9 Å². The SMILES string of the molecule is c1ccc(N(c2cccnc2)c2ccc3c(c2)-c2cc4c(c5cccc-3c25)c2ccccc2n4-c2ccccc2)cc1. The van der Waals surface area contributed by atoms with Crippen molar-refractivity contribution in [2.75, 3.05) is 4.90 Å². The molecule has 6 aromatic carbocycles. The van der Waals surface area contributed by atoms with Crippen LogP contribution in [-0.4, -0.2) is 9.55 Å². The van der Waals surface area contributed by atoms with Gasteiger partial charge in [0.1, 0.15) is 0 Å². The highest BCUT2D eigenvalue weighted by molar-refractivity contribution is 6.29. The van der Waals surface area contributed by atoms with Crippen molar-refractivity contribution in [3.05, 3.63) is 152 Å². The number of nitrogens with zero attached hydrogens (tertiary/aromatic N) is 3. The summed E-state index contributed by atoms with van der Waals surface area (Å²) in [6, 6.07) is 50.2. The first kappa shape index (κ1) is 23.1. The van der Waals surface area contributed by atoms with Crippen molar-refractivity contribution >= 4 is 49.6 Å². The lowest BCUT2D eigenvalue weighted by molar-refractivity contribution is 1.18. The van der Waals surface area contributed by atoms with Crippen LogP contribution in [0.4, 0.5) is 17.1 Å². The molecule has 9 rings (SSSR count). The Morgan fingerprint density at radius 1 is 0.452 bits per heavy atom. The zero-order valence-corrected chi connectivity index (χ0v) is 22.8. The van der Waals surface area contributed by atoms with Gasteiger partial charge in [-0.05, 0) is 93.7 Å². The summed E-state index contributed by atoms with van der Waals surface area (Å²) in [7, 11) is 0. The molecule has 2 aromatic heterocycles. The van der Waals surface area contributed by atoms with Gasteiger partial charge in [-0.15, -0.1) is 0 Å². The fourth-order valence-corrected chi connectivity index (χ4v) is 6.87. The van der Waals surface area contributed by atoms with E-state index < -0.39 is 0 Å². The standard InChI is InChI=1S/C39H25N3/c1-3-11-26(12-4-1)41(29-15-10-22-40-25-29)28-20-21-30-31-17-9-18-33-38(31)35(34(30)23-28)24-37-39(33)32-16-7-8-19-36(32)42(37)27-13-5-2-6-14-27/h1-25H. The molecule has 0 saturated carbocycles. The van der Waals surface area contributed by atoms with Crippen molar-refractivity contribution in [2.45, 2.75) is 0 Å². The molecular formula is C39H25N3. The van der Waals surface area contributed by atoms with Crippen LogP contribution in [0.2, 0.25) is 0 Å². The smallest absolute Gasteiger partial charge is 0.0644 e. The quantitative estimate of drug-likeness (QED) is 0.223. The van der Waals surface area contributed by atoms with Crippen LogP contribution in [0.1, 0.15) is 0 Å². The first-order chi connectivity index (χ1) is 20.9. The maximum atomic E-state index is 4.44. The van der Waals surface area contributed by atoms with Gasteiger partial charge in [-0.25, -0.2) is 0 Å². The van der Waals surface area contributed by atoms with E-state index in [2.05, 4.69) is 148 Å². The fourth-order valence-electron chi connectivity index (χ4n) is 6.87. The van der Waals surface area contributed by atoms with Gasteiger partial charge in [-0.3, -0.25) is 4.98 Å². The van der Waals surface area contributed by atoms with Crippen molar-refractivity contribution in [2.24, 2.45) is 0 Å². The number of pyridine rings is 1. The van der Waals surface area contributed by atoms with Gasteiger partial charge in [0.2, 0.25) is 0 Å². The summed E-state index contributed by atoms with van der Waals surface area (Å²) in [5.74, 6) is 0. The molecule has 0 fully saturated rings. The molecule has 2 heterocycles. The zero-order chi connectivity index (χ0) is 27.6. The van der Waals surface area contributed by atoms with Gasteiger partial charge in [0.05, 0.1) is 22.9 Å². The van der Waals surface area contributed by atoms with Gasteiger partial charge in [-0.1, -0.05) is 78.9 Å². The number of rotatable bonds is 4. The molecule has 0 atom stereocenters. The van der Waals surface area contributed by atoms with Crippen LogP contribution in [0.3, 0.4) is 0 Å². The second-order valence-corrected chi connectivity index (χ2v) is 10.8. The number of hydrogen-bond donors (Lipinski definition) is 0. The molecule has 0 unspecified atom stereocenters. The largest absolute Gasteiger partial charge is 0.309 e. The summed E-state index contributed by atoms with van der Waals surface area (Å²) < 4.78 is 2.42. The highest BCUT2D eigenvalue weighted by Gasteiger charge is 2.26. The van der Waals surface area contributed by atoms with Crippen LogP contribution >= 0.6 is 0 Å². The Balaban J connectivity index is 1.35. The van der Waals surface area contributed by atoms with Crippen LogP contribution in [0.15, 0.2) is 152 Å². The fraction of sp³-hybridized carbons (Fsp3) is 0. The lowest BCUT2D eigenvalue weighted by Crippen LogP contribution is -2.10. The van der Waals surface area contributed by atoms with E-state index in [9.17, 15) is 0 Å². The molecule has 0 spiro atoms. The monoisotopic (exact) mass is 535 g/mol. The van der Waals surface area contributed by atoms with E-state index in [-0.39, 0.29) is 0 Å². The van der Waals surface area contributed by atoms with Crippen LogP contribution in [0.25, 0.3) is 60.5 Å². The molecule has 0 bridgehead atoms. The number of hydrogen-bond acceptors (Lipinski definition) is 2. The molecule has 3 heteroatoms. The minimum atomic E-state index is 1.03. The Hall–Kier alpha value is -5.67. The lowest BCUT2D eigenvalue weighted by atomic mass is 9.98. The molecule has 1 aliphatic carbocycles. The van der Waals surface area contributed by atoms with E-state index in [1.54, 1.807) is 0 Å². The highest BCUT2D eigenvalue weighted by Crippen LogP contribution is 2.52. The summed E-state index contributed by atoms with van der Waals surface area (Å²) >= 11 is 0. The maximum Gasteiger partial charge on any atom is 0.0644 e. The molecular weight excluding hydrogens is 510 g/mol. The van der Waals surface area contributed by atoms with Crippen molar-refractivity contribution in [3.63, 3.8) is 0 Å². The third kappa shape index (κ3) is 3.25. The molecule has 1 aliphatic rings. The Kier molecular flexibility index (Phi) is 4.90. The number of anilines is 3. The normalized spacial score (nSPS) is 11.8. The predicted molar refractivity (Wildman–Crippen MR) is 175 cm³/mol. The van der Waals surface area contributed by atoms with Gasteiger partial charge in [-0.2, -0.15) is 0 Å². The molecule has 0 amide bonds. The molecule has 0 aliphatic heterocycles. The van der Waals surface area contributed by atoms with Gasteiger partial charge in [0, 0.05) is 34.0 Å². The zero-order valence-electron chi connectivity index (χ0n) is 22.8. The summed E-state index contributed by atoms with van der Waals surface area (Å²) in [6.45, 7) is 0. The van der Waals surface area contributed by atoms with Crippen LogP contribution in [-0.2, 0) is 0 Å². The molecule has 0 N–H and O–H groups in total. The van der Waals surface area contributed by atoms with E-state index in [0.29, 0.717) is 0 Å². The Bertz CT molecular complexity index is 2250. The topological polar surface area (TPSA) is 21.1 Å². The Morgan fingerprint density at radius 2 is 1.21 bits per heavy atom. The second kappa shape index (κ2) is 8.92. The number of benzene rings is 6. The Labute approximate surface area is 243 Å². The first-order valence-electron chi connectivity index (χ1n) is 14.3. The average Bonchev–Trinajstić information content (AvgIpc) is 3.56. The Morgan fingerprint density at radius 3 is 2.05 bits per heavy atom. The molecule has 42 heavy (non-hydrogen) atoms. The van der Waals surface area contributed by atoms with Crippen LogP contribution in [0, 0.1) is 0 Å². The van der Waals surface area contributed by atoms with Gasteiger partial charge >= 0.3 is 0 Å². The van der Waals surface area contributed by atoms with E-state index in [1.165, 1.54) is 60.5 Å². The third-order valence-electron chi connectivity index (χ3n) is 8.57. The van der Waals surface area contributed by atoms with Gasteiger partial charge in [0.25, 0.3) is 0 Å². The summed E-state index contributed by atoms with van der Waals surface area (Å²) in [5, 5.41) is 5.23. The van der Waals surface area contributed by atoms with Gasteiger partial charge in [0.15, 0.2) is 0 Å². The summed E-state index contributed by atoms with van der Waals surface area (Å²) in [6.07, 6.45) is 3.75. The number of fused-ring (bicyclic) bond motifs is 7. The summed E-state index contributed by atoms with van der Waals surface area (Å²) in [5.41, 5.74) is 12.0. The number of para-hydroxylation sites is 3. The number of aromatic nitrogens is 2. The molecule has 0 saturated heterocycles. The predicted octanol–water partition coefficient (Wildman–Crippen LogP) is 10.4. The van der Waals surface area contributed by atoms with E-state index >= 15 is 0 Å². The van der Waals surface area contributed by atoms with Crippen molar-refractivity contribution < 1.29 is 0 Å². The molecule has 196 valence electrons. The summed E-state index contributed by atoms with van der Waals surface area (Å²) in [4.78, 5) is 6.73. The van der Waals surface area contributed by atoms with Crippen LogP contribution in [0.5, 0.6) is 0 Å². The van der Waals surface area contributed by atoms with Crippen molar-refractivity contribution in [1.29, 1.82) is 0 Å². The van der Waals surface area contributed by atoms with Crippen LogP contribution < -0.4 is 4.90 Å². The molecule has 0 radical (unpaired) electrons. The van der Waals surface area contributed by atoms with E-state index in [0.717, 1.165) is 17.1 Å². The minimum absolute atomic E-state index is 1.03. The average molecular weight is 536 g/mol. The lowest BCUT2D eigenvalue weighted by Gasteiger charge is -2.25. The van der Waals surface area contributed by atoms with Crippen molar-refractivity contribution in [1.82, 2.24) is 9.55 Å². The highest BCUT2D eigenvalue weighted by atomic mass is 15.1. The second-order valence-electron chi connectivity index (χ2n) is 10.8. The molecule has 8 aromatic rings. The minimum Gasteiger partial charge on any atom is -0.309 e. The molecule has 3 nitrogen and oxygen atoms in total. The first-order valence-corrected chi connectivity index (χ1v) is 14.3. The third-order valence-corrected chi connectivity index (χ3v) is 8.57. The maximum absolute atomic E-state index is 4.44. The van der Waals surface area contributed by atoms with E-state index in [1.807, 2.05) is 18.5 Å². The van der Waals surface area contributed by atoms with E-state index in [4.69, 9.17) is 0 Å². The van der Waals surface area contributed by atoms with Gasteiger partial charge < -0.3 is 9.47 Å².